The van der Waals surface area contributed by atoms with Crippen molar-refractivity contribution in [1.82, 2.24) is 24.8 Å². The maximum atomic E-state index is 13.8. The number of H-pyrrole nitrogens is 1. The van der Waals surface area contributed by atoms with E-state index in [-0.39, 0.29) is 23.5 Å². The molecule has 4 aromatic rings. The number of piperazine rings is 1. The summed E-state index contributed by atoms with van der Waals surface area (Å²) in [6.07, 6.45) is 7.00. The van der Waals surface area contributed by atoms with Gasteiger partial charge in [-0.05, 0) is 66.6 Å². The van der Waals surface area contributed by atoms with Crippen molar-refractivity contribution in [3.63, 3.8) is 0 Å². The lowest BCUT2D eigenvalue weighted by atomic mass is 9.90. The van der Waals surface area contributed by atoms with Crippen molar-refractivity contribution < 1.29 is 9.90 Å². The molecule has 1 fully saturated rings. The van der Waals surface area contributed by atoms with Gasteiger partial charge >= 0.3 is 0 Å². The summed E-state index contributed by atoms with van der Waals surface area (Å²) < 4.78 is 2.16. The minimum Gasteiger partial charge on any atom is -0.392 e. The molecule has 0 bridgehead atoms. The first-order chi connectivity index (χ1) is 21.2. The third-order valence-electron chi connectivity index (χ3n) is 9.13. The van der Waals surface area contributed by atoms with Crippen LogP contribution in [0, 0.1) is 5.41 Å². The Morgan fingerprint density at radius 3 is 2.73 bits per heavy atom. The molecule has 0 radical (unpaired) electrons. The molecule has 0 unspecified atom stereocenters. The van der Waals surface area contributed by atoms with Gasteiger partial charge in [-0.2, -0.15) is 0 Å². The summed E-state index contributed by atoms with van der Waals surface area (Å²) in [5, 5.41) is 17.1. The minimum absolute atomic E-state index is 0.114. The summed E-state index contributed by atoms with van der Waals surface area (Å²) in [7, 11) is 0. The molecule has 2 aliphatic heterocycles. The van der Waals surface area contributed by atoms with Crippen LogP contribution in [0.15, 0.2) is 53.7 Å². The number of pyridine rings is 3. The summed E-state index contributed by atoms with van der Waals surface area (Å²) in [5.74, 6) is 0.869. The zero-order valence-corrected chi connectivity index (χ0v) is 25.4. The number of nitrogens with one attached hydrogen (secondary N) is 3. The zero-order valence-electron chi connectivity index (χ0n) is 25.4. The van der Waals surface area contributed by atoms with Crippen LogP contribution in [0.1, 0.15) is 48.1 Å². The van der Waals surface area contributed by atoms with Crippen molar-refractivity contribution in [2.45, 2.75) is 52.8 Å². The second kappa shape index (κ2) is 10.9. The summed E-state index contributed by atoms with van der Waals surface area (Å²) >= 11 is 0. The topological polar surface area (TPSA) is 131 Å². The van der Waals surface area contributed by atoms with Crippen LogP contribution in [-0.2, 0) is 26.0 Å². The number of carbonyl (C=O) groups excluding carboxylic acids is 1. The molecule has 3 aliphatic rings. The van der Waals surface area contributed by atoms with Crippen LogP contribution in [0.2, 0.25) is 0 Å². The second-order valence-electron chi connectivity index (χ2n) is 12.9. The Balaban J connectivity index is 1.16. The molecular weight excluding hydrogens is 556 g/mol. The Kier molecular flexibility index (Phi) is 7.01. The Hall–Kier alpha value is -4.48. The van der Waals surface area contributed by atoms with Crippen molar-refractivity contribution in [2.75, 3.05) is 41.3 Å². The number of amides is 1. The minimum atomic E-state index is -0.316. The number of aliphatic hydroxyl groups is 1. The summed E-state index contributed by atoms with van der Waals surface area (Å²) in [6, 6.07) is 9.81. The maximum absolute atomic E-state index is 13.8. The van der Waals surface area contributed by atoms with Gasteiger partial charge in [0, 0.05) is 68.0 Å². The molecule has 1 atom stereocenters. The van der Waals surface area contributed by atoms with Gasteiger partial charge in [0.05, 0.1) is 18.5 Å². The Morgan fingerprint density at radius 1 is 1.09 bits per heavy atom. The molecule has 228 valence electrons. The second-order valence-corrected chi connectivity index (χ2v) is 12.9. The third-order valence-corrected chi connectivity index (χ3v) is 9.13. The first kappa shape index (κ1) is 28.3. The van der Waals surface area contributed by atoms with Gasteiger partial charge in [-0.25, -0.2) is 9.97 Å². The quantitative estimate of drug-likeness (QED) is 0.267. The highest BCUT2D eigenvalue weighted by atomic mass is 16.3. The predicted octanol–water partition coefficient (Wildman–Crippen LogP) is 3.45. The molecule has 44 heavy (non-hydrogen) atoms. The van der Waals surface area contributed by atoms with E-state index in [1.165, 1.54) is 11.3 Å². The van der Waals surface area contributed by atoms with Crippen LogP contribution < -0.4 is 26.0 Å². The van der Waals surface area contributed by atoms with Crippen LogP contribution in [0.25, 0.3) is 11.1 Å². The van der Waals surface area contributed by atoms with Gasteiger partial charge in [-0.15, -0.1) is 0 Å². The lowest BCUT2D eigenvalue weighted by molar-refractivity contribution is 0.0962. The van der Waals surface area contributed by atoms with E-state index in [2.05, 4.69) is 55.8 Å². The largest absolute Gasteiger partial charge is 0.392 e. The number of hydrogen-bond acceptors (Lipinski definition) is 8. The molecule has 4 N–H and O–H groups in total. The molecule has 0 saturated carbocycles. The maximum Gasteiger partial charge on any atom is 0.276 e. The van der Waals surface area contributed by atoms with Crippen LogP contribution in [0.3, 0.4) is 0 Å². The average molecular weight is 595 g/mol. The molecule has 7 rings (SSSR count). The van der Waals surface area contributed by atoms with E-state index in [9.17, 15) is 14.7 Å². The van der Waals surface area contributed by atoms with Gasteiger partial charge < -0.3 is 30.2 Å². The summed E-state index contributed by atoms with van der Waals surface area (Å²) in [5.41, 5.74) is 6.36. The standard InChI is InChI=1S/C33H38N8O3/c1-20-16-34-8-9-39(20)23-4-5-29(36-18-23)38-26-12-22(17-37-31(26)43)24-6-7-35-30(25(24)19-42)41-11-10-40-27(32(41)44)13-21-14-33(2,3)15-28(21)40/h4-7,12-13,17-18,20,34,42H,8-11,14-16,19H2,1-3H3,(H,36,38)(H,37,43)/t20-/m0/s1. The van der Waals surface area contributed by atoms with Gasteiger partial charge in [-0.1, -0.05) is 13.8 Å². The number of hydrogen-bond donors (Lipinski definition) is 4. The molecule has 0 spiro atoms. The van der Waals surface area contributed by atoms with E-state index in [4.69, 9.17) is 0 Å². The number of rotatable bonds is 6. The van der Waals surface area contributed by atoms with Crippen LogP contribution in [-0.4, -0.2) is 62.8 Å². The van der Waals surface area contributed by atoms with Gasteiger partial charge in [0.2, 0.25) is 0 Å². The van der Waals surface area contributed by atoms with E-state index in [1.807, 2.05) is 24.4 Å². The van der Waals surface area contributed by atoms with Crippen LogP contribution >= 0.6 is 0 Å². The van der Waals surface area contributed by atoms with E-state index in [1.54, 1.807) is 29.4 Å². The number of aromatic nitrogens is 4. The first-order valence-electron chi connectivity index (χ1n) is 15.3. The number of nitrogens with zero attached hydrogens (tertiary/aromatic N) is 5. The molecule has 1 aliphatic carbocycles. The Morgan fingerprint density at radius 2 is 1.95 bits per heavy atom. The molecule has 11 heteroatoms. The van der Waals surface area contributed by atoms with Gasteiger partial charge in [0.25, 0.3) is 11.5 Å². The molecule has 4 aromatic heterocycles. The number of aromatic amines is 1. The number of carbonyl (C=O) groups is 1. The number of fused-ring (bicyclic) bond motifs is 3. The van der Waals surface area contributed by atoms with E-state index < -0.39 is 0 Å². The van der Waals surface area contributed by atoms with Crippen molar-refractivity contribution in [3.05, 3.63) is 81.8 Å². The highest BCUT2D eigenvalue weighted by Crippen LogP contribution is 2.40. The van der Waals surface area contributed by atoms with E-state index in [0.29, 0.717) is 58.8 Å². The fraction of sp³-hybridized carbons (Fsp3) is 0.394. The predicted molar refractivity (Wildman–Crippen MR) is 171 cm³/mol. The molecule has 0 aromatic carbocycles. The van der Waals surface area contributed by atoms with Gasteiger partial charge in [0.15, 0.2) is 0 Å². The lowest BCUT2D eigenvalue weighted by Gasteiger charge is -2.35. The van der Waals surface area contributed by atoms with E-state index in [0.717, 1.165) is 38.2 Å². The fourth-order valence-corrected chi connectivity index (χ4v) is 6.98. The Bertz CT molecular complexity index is 1790. The van der Waals surface area contributed by atoms with E-state index >= 15 is 0 Å². The van der Waals surface area contributed by atoms with Gasteiger partial charge in [-0.3, -0.25) is 14.5 Å². The molecule has 6 heterocycles. The molecule has 1 saturated heterocycles. The smallest absolute Gasteiger partial charge is 0.276 e. The highest BCUT2D eigenvalue weighted by molar-refractivity contribution is 6.06. The van der Waals surface area contributed by atoms with Crippen LogP contribution in [0.4, 0.5) is 23.0 Å². The monoisotopic (exact) mass is 594 g/mol. The zero-order chi connectivity index (χ0) is 30.6. The fourth-order valence-electron chi connectivity index (χ4n) is 6.98. The average Bonchev–Trinajstić information content (AvgIpc) is 3.51. The van der Waals surface area contributed by atoms with Crippen molar-refractivity contribution in [3.8, 4) is 11.1 Å². The lowest BCUT2D eigenvalue weighted by Crippen LogP contribution is -2.49. The number of anilines is 4. The van der Waals surface area contributed by atoms with Crippen molar-refractivity contribution in [1.29, 1.82) is 0 Å². The van der Waals surface area contributed by atoms with Gasteiger partial charge in [0.1, 0.15) is 23.0 Å². The SMILES string of the molecule is C[C@H]1CNCCN1c1ccc(Nc2cc(-c3ccnc(N4CCn5c(cc6c5CC(C)(C)C6)C4=O)c3CO)c[nH]c2=O)nc1. The van der Waals surface area contributed by atoms with Crippen molar-refractivity contribution >= 4 is 28.9 Å². The first-order valence-corrected chi connectivity index (χ1v) is 15.3. The molecule has 1 amide bonds. The van der Waals surface area contributed by atoms with Crippen LogP contribution in [0.5, 0.6) is 0 Å². The Labute approximate surface area is 256 Å². The summed E-state index contributed by atoms with van der Waals surface area (Å²) in [4.78, 5) is 42.5. The number of aliphatic hydroxyl groups excluding tert-OH is 1. The highest BCUT2D eigenvalue weighted by Gasteiger charge is 2.37. The molecule has 11 nitrogen and oxygen atoms in total. The summed E-state index contributed by atoms with van der Waals surface area (Å²) in [6.45, 7) is 10.3. The molecular formula is C33H38N8O3. The normalized spacial score (nSPS) is 19.2. The van der Waals surface area contributed by atoms with Crippen molar-refractivity contribution in [2.24, 2.45) is 5.41 Å². The third kappa shape index (κ3) is 4.95.